The predicted molar refractivity (Wildman–Crippen MR) is 63.8 cm³/mol. The number of hydrogen-bond donors (Lipinski definition) is 0. The van der Waals surface area contributed by atoms with Crippen LogP contribution in [0.15, 0.2) is 0 Å². The molecule has 1 unspecified atom stereocenters. The second kappa shape index (κ2) is 10.0. The number of esters is 1. The van der Waals surface area contributed by atoms with Crippen LogP contribution in [-0.4, -0.2) is 12.6 Å². The predicted octanol–water partition coefficient (Wildman–Crippen LogP) is 3.94. The Morgan fingerprint density at radius 1 is 1.07 bits per heavy atom. The Hall–Kier alpha value is -0.530. The second-order valence-corrected chi connectivity index (χ2v) is 4.27. The van der Waals surface area contributed by atoms with E-state index in [0.717, 1.165) is 19.3 Å². The molecular formula is C13H26O2. The zero-order valence-corrected chi connectivity index (χ0v) is 10.6. The molecule has 0 aliphatic carbocycles. The molecule has 0 amide bonds. The van der Waals surface area contributed by atoms with Crippen molar-refractivity contribution in [2.45, 2.75) is 65.7 Å². The lowest BCUT2D eigenvalue weighted by Gasteiger charge is -2.10. The summed E-state index contributed by atoms with van der Waals surface area (Å²) in [6.45, 7) is 6.77. The first-order valence-corrected chi connectivity index (χ1v) is 6.39. The minimum Gasteiger partial charge on any atom is -0.465 e. The van der Waals surface area contributed by atoms with Gasteiger partial charge in [0.15, 0.2) is 0 Å². The SMILES string of the molecule is CCCCCCCC(C)C(=O)OCCC. The van der Waals surface area contributed by atoms with Crippen LogP contribution in [0.4, 0.5) is 0 Å². The van der Waals surface area contributed by atoms with Crippen LogP contribution < -0.4 is 0 Å². The molecule has 2 heteroatoms. The average Bonchev–Trinajstić information content (AvgIpc) is 2.25. The molecule has 0 fully saturated rings. The fourth-order valence-corrected chi connectivity index (χ4v) is 1.52. The van der Waals surface area contributed by atoms with Gasteiger partial charge in [0.05, 0.1) is 12.5 Å². The van der Waals surface area contributed by atoms with Crippen LogP contribution in [-0.2, 0) is 9.53 Å². The Labute approximate surface area is 94.4 Å². The number of unbranched alkanes of at least 4 members (excludes halogenated alkanes) is 4. The number of rotatable bonds is 9. The topological polar surface area (TPSA) is 26.3 Å². The molecule has 1 atom stereocenters. The Morgan fingerprint density at radius 3 is 2.33 bits per heavy atom. The van der Waals surface area contributed by atoms with Crippen LogP contribution in [0.3, 0.4) is 0 Å². The monoisotopic (exact) mass is 214 g/mol. The minimum atomic E-state index is -0.0210. The lowest BCUT2D eigenvalue weighted by molar-refractivity contribution is -0.148. The van der Waals surface area contributed by atoms with Crippen molar-refractivity contribution in [3.8, 4) is 0 Å². The van der Waals surface area contributed by atoms with Crippen LogP contribution in [0.2, 0.25) is 0 Å². The van der Waals surface area contributed by atoms with Crippen molar-refractivity contribution in [3.63, 3.8) is 0 Å². The first-order chi connectivity index (χ1) is 7.22. The van der Waals surface area contributed by atoms with Crippen molar-refractivity contribution in [1.29, 1.82) is 0 Å². The average molecular weight is 214 g/mol. The van der Waals surface area contributed by atoms with Crippen LogP contribution in [0.1, 0.15) is 65.7 Å². The minimum absolute atomic E-state index is 0.0210. The van der Waals surface area contributed by atoms with Crippen molar-refractivity contribution < 1.29 is 9.53 Å². The van der Waals surface area contributed by atoms with E-state index in [9.17, 15) is 4.79 Å². The summed E-state index contributed by atoms with van der Waals surface area (Å²) in [5.41, 5.74) is 0. The molecule has 0 spiro atoms. The van der Waals surface area contributed by atoms with E-state index in [2.05, 4.69) is 6.92 Å². The van der Waals surface area contributed by atoms with E-state index in [1.54, 1.807) is 0 Å². The molecule has 0 heterocycles. The fourth-order valence-electron chi connectivity index (χ4n) is 1.52. The first-order valence-electron chi connectivity index (χ1n) is 6.39. The van der Waals surface area contributed by atoms with E-state index in [1.165, 1.54) is 25.7 Å². The molecule has 0 aromatic heterocycles. The lowest BCUT2D eigenvalue weighted by atomic mass is 10.0. The standard InChI is InChI=1S/C13H26O2/c1-4-6-7-8-9-10-12(3)13(14)15-11-5-2/h12H,4-11H2,1-3H3. The van der Waals surface area contributed by atoms with Gasteiger partial charge in [-0.15, -0.1) is 0 Å². The highest BCUT2D eigenvalue weighted by Gasteiger charge is 2.12. The summed E-state index contributed by atoms with van der Waals surface area (Å²) in [7, 11) is 0. The third-order valence-electron chi connectivity index (χ3n) is 2.59. The summed E-state index contributed by atoms with van der Waals surface area (Å²) in [4.78, 5) is 11.4. The maximum atomic E-state index is 11.4. The van der Waals surface area contributed by atoms with Crippen molar-refractivity contribution in [2.75, 3.05) is 6.61 Å². The third kappa shape index (κ3) is 8.46. The molecule has 2 nitrogen and oxygen atoms in total. The number of ether oxygens (including phenoxy) is 1. The summed E-state index contributed by atoms with van der Waals surface area (Å²) in [6.07, 6.45) is 8.18. The largest absolute Gasteiger partial charge is 0.465 e. The van der Waals surface area contributed by atoms with Gasteiger partial charge in [-0.05, 0) is 12.8 Å². The first kappa shape index (κ1) is 14.5. The van der Waals surface area contributed by atoms with E-state index in [1.807, 2.05) is 13.8 Å². The van der Waals surface area contributed by atoms with E-state index in [4.69, 9.17) is 4.74 Å². The highest BCUT2D eigenvalue weighted by molar-refractivity contribution is 5.71. The van der Waals surface area contributed by atoms with Crippen LogP contribution in [0.25, 0.3) is 0 Å². The Morgan fingerprint density at radius 2 is 1.73 bits per heavy atom. The number of carbonyl (C=O) groups excluding carboxylic acids is 1. The fraction of sp³-hybridized carbons (Fsp3) is 0.923. The van der Waals surface area contributed by atoms with Gasteiger partial charge in [0.25, 0.3) is 0 Å². The van der Waals surface area contributed by atoms with Crippen LogP contribution >= 0.6 is 0 Å². The summed E-state index contributed by atoms with van der Waals surface area (Å²) in [5, 5.41) is 0. The second-order valence-electron chi connectivity index (χ2n) is 4.27. The lowest BCUT2D eigenvalue weighted by Crippen LogP contribution is -2.15. The van der Waals surface area contributed by atoms with Crippen LogP contribution in [0.5, 0.6) is 0 Å². The van der Waals surface area contributed by atoms with Gasteiger partial charge in [-0.2, -0.15) is 0 Å². The van der Waals surface area contributed by atoms with Crippen molar-refractivity contribution in [1.82, 2.24) is 0 Å². The zero-order chi connectivity index (χ0) is 11.5. The van der Waals surface area contributed by atoms with Gasteiger partial charge < -0.3 is 4.74 Å². The number of hydrogen-bond acceptors (Lipinski definition) is 2. The molecule has 0 aliphatic rings. The Bertz CT molecular complexity index is 155. The third-order valence-corrected chi connectivity index (χ3v) is 2.59. The molecule has 0 aromatic carbocycles. The zero-order valence-electron chi connectivity index (χ0n) is 10.6. The molecule has 0 aromatic rings. The molecule has 0 rings (SSSR count). The molecular weight excluding hydrogens is 188 g/mol. The molecule has 0 aliphatic heterocycles. The van der Waals surface area contributed by atoms with Gasteiger partial charge in [-0.1, -0.05) is 52.9 Å². The van der Waals surface area contributed by atoms with Crippen molar-refractivity contribution in [2.24, 2.45) is 5.92 Å². The van der Waals surface area contributed by atoms with Gasteiger partial charge in [-0.3, -0.25) is 4.79 Å². The molecule has 90 valence electrons. The van der Waals surface area contributed by atoms with E-state index in [-0.39, 0.29) is 11.9 Å². The molecule has 15 heavy (non-hydrogen) atoms. The van der Waals surface area contributed by atoms with Crippen LogP contribution in [0, 0.1) is 5.92 Å². The molecule has 0 bridgehead atoms. The van der Waals surface area contributed by atoms with Gasteiger partial charge in [0, 0.05) is 0 Å². The highest BCUT2D eigenvalue weighted by Crippen LogP contribution is 2.12. The summed E-state index contributed by atoms with van der Waals surface area (Å²) < 4.78 is 5.09. The Balaban J connectivity index is 3.38. The van der Waals surface area contributed by atoms with Gasteiger partial charge in [0.2, 0.25) is 0 Å². The van der Waals surface area contributed by atoms with E-state index < -0.39 is 0 Å². The summed E-state index contributed by atoms with van der Waals surface area (Å²) >= 11 is 0. The van der Waals surface area contributed by atoms with Gasteiger partial charge >= 0.3 is 5.97 Å². The molecule has 0 saturated carbocycles. The van der Waals surface area contributed by atoms with Gasteiger partial charge in [0.1, 0.15) is 0 Å². The molecule has 0 saturated heterocycles. The van der Waals surface area contributed by atoms with Gasteiger partial charge in [-0.25, -0.2) is 0 Å². The summed E-state index contributed by atoms with van der Waals surface area (Å²) in [5.74, 6) is 0.0607. The van der Waals surface area contributed by atoms with E-state index >= 15 is 0 Å². The Kier molecular flexibility index (Phi) is 9.65. The van der Waals surface area contributed by atoms with E-state index in [0.29, 0.717) is 6.61 Å². The maximum Gasteiger partial charge on any atom is 0.308 e. The number of carbonyl (C=O) groups is 1. The normalized spacial score (nSPS) is 12.5. The molecule has 0 radical (unpaired) electrons. The highest BCUT2D eigenvalue weighted by atomic mass is 16.5. The smallest absolute Gasteiger partial charge is 0.308 e. The molecule has 0 N–H and O–H groups in total. The quantitative estimate of drug-likeness (QED) is 0.429. The summed E-state index contributed by atoms with van der Waals surface area (Å²) in [6, 6.07) is 0. The van der Waals surface area contributed by atoms with Crippen molar-refractivity contribution >= 4 is 5.97 Å². The van der Waals surface area contributed by atoms with Crippen molar-refractivity contribution in [3.05, 3.63) is 0 Å². The maximum absolute atomic E-state index is 11.4.